The molecule has 0 amide bonds. The first kappa shape index (κ1) is 20.8. The number of rotatable bonds is 8. The van der Waals surface area contributed by atoms with Crippen LogP contribution >= 0.6 is 0 Å². The van der Waals surface area contributed by atoms with Gasteiger partial charge in [-0.1, -0.05) is 37.5 Å². The molecule has 0 radical (unpaired) electrons. The van der Waals surface area contributed by atoms with Crippen molar-refractivity contribution in [1.82, 2.24) is 0 Å². The minimum atomic E-state index is -0.358. The van der Waals surface area contributed by atoms with Crippen molar-refractivity contribution in [2.24, 2.45) is 11.7 Å². The quantitative estimate of drug-likeness (QED) is 0.648. The summed E-state index contributed by atoms with van der Waals surface area (Å²) in [5.41, 5.74) is 10.5. The lowest BCUT2D eigenvalue weighted by molar-refractivity contribution is 0.0131. The lowest BCUT2D eigenvalue weighted by Crippen LogP contribution is -2.40. The summed E-state index contributed by atoms with van der Waals surface area (Å²) in [6.45, 7) is 4.47. The van der Waals surface area contributed by atoms with E-state index in [1.807, 2.05) is 7.11 Å². The molecule has 0 bridgehead atoms. The van der Waals surface area contributed by atoms with Gasteiger partial charge in [0.25, 0.3) is 0 Å². The van der Waals surface area contributed by atoms with Gasteiger partial charge in [-0.15, -0.1) is 0 Å². The summed E-state index contributed by atoms with van der Waals surface area (Å²) in [7, 11) is 1.81. The molecule has 0 unspecified atom stereocenters. The Morgan fingerprint density at radius 3 is 2.74 bits per heavy atom. The van der Waals surface area contributed by atoms with Gasteiger partial charge in [0.15, 0.2) is 0 Å². The molecule has 0 aromatic heterocycles. The van der Waals surface area contributed by atoms with Gasteiger partial charge >= 0.3 is 0 Å². The first-order valence-corrected chi connectivity index (χ1v) is 10.9. The summed E-state index contributed by atoms with van der Waals surface area (Å²) in [4.78, 5) is 0. The number of nitrogens with two attached hydrogens (primary N) is 1. The molecule has 3 rings (SSSR count). The van der Waals surface area contributed by atoms with Gasteiger partial charge in [-0.2, -0.15) is 0 Å². The molecule has 1 fully saturated rings. The highest BCUT2D eigenvalue weighted by atomic mass is 16.5. The van der Waals surface area contributed by atoms with Gasteiger partial charge in [-0.05, 0) is 87.3 Å². The number of unbranched alkanes of at least 4 members (excludes halogenated alkanes) is 1. The highest BCUT2D eigenvalue weighted by Gasteiger charge is 2.36. The third kappa shape index (κ3) is 5.34. The van der Waals surface area contributed by atoms with Gasteiger partial charge in [0.1, 0.15) is 0 Å². The smallest absolute Gasteiger partial charge is 0.0622 e. The van der Waals surface area contributed by atoms with Crippen molar-refractivity contribution in [2.75, 3.05) is 13.7 Å². The highest BCUT2D eigenvalue weighted by molar-refractivity contribution is 5.36. The van der Waals surface area contributed by atoms with Crippen LogP contribution in [0, 0.1) is 5.92 Å². The van der Waals surface area contributed by atoms with Crippen LogP contribution in [0.1, 0.15) is 87.8 Å². The van der Waals surface area contributed by atoms with Crippen molar-refractivity contribution < 1.29 is 9.84 Å². The lowest BCUT2D eigenvalue weighted by atomic mass is 9.79. The normalized spacial score (nSPS) is 28.3. The van der Waals surface area contributed by atoms with Crippen molar-refractivity contribution in [3.8, 4) is 0 Å². The molecule has 0 heterocycles. The molecule has 2 aliphatic carbocycles. The zero-order chi connectivity index (χ0) is 19.5. The molecular weight excluding hydrogens is 334 g/mol. The van der Waals surface area contributed by atoms with Crippen LogP contribution in [0.4, 0.5) is 0 Å². The van der Waals surface area contributed by atoms with E-state index in [2.05, 4.69) is 32.0 Å². The average molecular weight is 374 g/mol. The second-order valence-electron chi connectivity index (χ2n) is 9.81. The van der Waals surface area contributed by atoms with Crippen LogP contribution in [-0.2, 0) is 17.6 Å². The summed E-state index contributed by atoms with van der Waals surface area (Å²) in [6, 6.07) is 7.15. The zero-order valence-corrected chi connectivity index (χ0v) is 17.6. The van der Waals surface area contributed by atoms with Crippen molar-refractivity contribution >= 4 is 0 Å². The lowest BCUT2D eigenvalue weighted by Gasteiger charge is -2.27. The van der Waals surface area contributed by atoms with Gasteiger partial charge in [0.05, 0.1) is 12.2 Å². The largest absolute Gasteiger partial charge is 0.394 e. The maximum atomic E-state index is 9.53. The Morgan fingerprint density at radius 1 is 1.22 bits per heavy atom. The maximum Gasteiger partial charge on any atom is 0.0622 e. The fourth-order valence-electron chi connectivity index (χ4n) is 5.02. The van der Waals surface area contributed by atoms with E-state index in [9.17, 15) is 5.11 Å². The second kappa shape index (κ2) is 8.63. The maximum absolute atomic E-state index is 9.53. The molecule has 3 heteroatoms. The Kier molecular flexibility index (Phi) is 6.66. The summed E-state index contributed by atoms with van der Waals surface area (Å²) < 4.78 is 5.53. The van der Waals surface area contributed by atoms with E-state index in [1.54, 1.807) is 11.1 Å². The predicted molar refractivity (Wildman–Crippen MR) is 112 cm³/mol. The van der Waals surface area contributed by atoms with Crippen LogP contribution in [0.15, 0.2) is 18.2 Å². The number of aliphatic hydroxyl groups excluding tert-OH is 1. The van der Waals surface area contributed by atoms with Crippen LogP contribution in [0.25, 0.3) is 0 Å². The van der Waals surface area contributed by atoms with Crippen molar-refractivity contribution in [3.63, 3.8) is 0 Å². The molecule has 0 spiro atoms. The second-order valence-corrected chi connectivity index (χ2v) is 9.81. The molecule has 1 aromatic carbocycles. The molecule has 0 saturated heterocycles. The monoisotopic (exact) mass is 373 g/mol. The Balaban J connectivity index is 1.51. The number of aryl methyl sites for hydroxylation is 1. The van der Waals surface area contributed by atoms with Gasteiger partial charge in [0.2, 0.25) is 0 Å². The molecule has 2 aliphatic rings. The summed E-state index contributed by atoms with van der Waals surface area (Å²) in [6.07, 6.45) is 11.8. The molecule has 1 saturated carbocycles. The molecular formula is C24H39NO2. The van der Waals surface area contributed by atoms with Gasteiger partial charge in [-0.3, -0.25) is 0 Å². The fraction of sp³-hybridized carbons (Fsp3) is 0.750. The number of hydrogen-bond donors (Lipinski definition) is 2. The Bertz CT molecular complexity index is 627. The minimum Gasteiger partial charge on any atom is -0.394 e. The number of aliphatic hydroxyl groups is 1. The van der Waals surface area contributed by atoms with Gasteiger partial charge in [-0.25, -0.2) is 0 Å². The first-order chi connectivity index (χ1) is 12.8. The standard InChI is InChI=1S/C24H39NO2/c1-23(2,27-3)12-5-4-6-18-7-8-20-15-21(10-9-19(20)14-18)22-11-13-24(25,16-22)17-26/h9-10,15,18,22,26H,4-8,11-14,16-17,25H2,1-3H3/t18-,22-,24+/m0/s1. The molecule has 3 N–H and O–H groups in total. The third-order valence-corrected chi connectivity index (χ3v) is 7.18. The van der Waals surface area contributed by atoms with Crippen LogP contribution in [-0.4, -0.2) is 30.0 Å². The number of fused-ring (bicyclic) bond motifs is 1. The van der Waals surface area contributed by atoms with E-state index in [-0.39, 0.29) is 17.7 Å². The molecule has 0 aliphatic heterocycles. The van der Waals surface area contributed by atoms with E-state index in [4.69, 9.17) is 10.5 Å². The van der Waals surface area contributed by atoms with E-state index >= 15 is 0 Å². The van der Waals surface area contributed by atoms with E-state index in [1.165, 1.54) is 44.1 Å². The van der Waals surface area contributed by atoms with E-state index in [0.29, 0.717) is 5.92 Å². The number of benzene rings is 1. The summed E-state index contributed by atoms with van der Waals surface area (Å²) in [5, 5.41) is 9.53. The van der Waals surface area contributed by atoms with Gasteiger partial charge < -0.3 is 15.6 Å². The van der Waals surface area contributed by atoms with Crippen molar-refractivity contribution in [1.29, 1.82) is 0 Å². The van der Waals surface area contributed by atoms with Crippen molar-refractivity contribution in [2.45, 2.75) is 95.1 Å². The van der Waals surface area contributed by atoms with Crippen LogP contribution in [0.3, 0.4) is 0 Å². The average Bonchev–Trinajstić information content (AvgIpc) is 3.08. The number of ether oxygens (including phenoxy) is 1. The highest BCUT2D eigenvalue weighted by Crippen LogP contribution is 2.41. The van der Waals surface area contributed by atoms with Crippen LogP contribution in [0.5, 0.6) is 0 Å². The van der Waals surface area contributed by atoms with Crippen LogP contribution < -0.4 is 5.73 Å². The van der Waals surface area contributed by atoms with E-state index in [0.717, 1.165) is 31.6 Å². The van der Waals surface area contributed by atoms with Crippen molar-refractivity contribution in [3.05, 3.63) is 34.9 Å². The van der Waals surface area contributed by atoms with Gasteiger partial charge in [0, 0.05) is 12.6 Å². The SMILES string of the molecule is COC(C)(C)CCCC[C@H]1CCc2cc([C@H]3CC[C@](N)(CO)C3)ccc2C1. The first-order valence-electron chi connectivity index (χ1n) is 10.9. The predicted octanol–water partition coefficient (Wildman–Crippen LogP) is 4.73. The molecule has 27 heavy (non-hydrogen) atoms. The molecule has 3 atom stereocenters. The van der Waals surface area contributed by atoms with E-state index < -0.39 is 0 Å². The Labute approximate surface area is 165 Å². The number of methoxy groups -OCH3 is 1. The summed E-state index contributed by atoms with van der Waals surface area (Å²) in [5.74, 6) is 1.36. The molecule has 152 valence electrons. The Morgan fingerprint density at radius 2 is 2.04 bits per heavy atom. The number of hydrogen-bond acceptors (Lipinski definition) is 3. The van der Waals surface area contributed by atoms with Crippen LogP contribution in [0.2, 0.25) is 0 Å². The summed E-state index contributed by atoms with van der Waals surface area (Å²) >= 11 is 0. The Hall–Kier alpha value is -0.900. The zero-order valence-electron chi connectivity index (χ0n) is 17.6. The third-order valence-electron chi connectivity index (χ3n) is 7.18. The fourth-order valence-corrected chi connectivity index (χ4v) is 5.02. The topological polar surface area (TPSA) is 55.5 Å². The minimum absolute atomic E-state index is 0.0208. The molecule has 1 aromatic rings. The molecule has 3 nitrogen and oxygen atoms in total.